The van der Waals surface area contributed by atoms with Crippen LogP contribution in [-0.4, -0.2) is 25.7 Å². The zero-order chi connectivity index (χ0) is 9.86. The fourth-order valence-corrected chi connectivity index (χ4v) is 2.64. The van der Waals surface area contributed by atoms with Crippen LogP contribution >= 0.6 is 0 Å². The van der Waals surface area contributed by atoms with Gasteiger partial charge in [-0.1, -0.05) is 0 Å². The molecule has 2 rings (SSSR count). The van der Waals surface area contributed by atoms with E-state index in [9.17, 15) is 0 Å². The Morgan fingerprint density at radius 2 is 2.14 bits per heavy atom. The zero-order valence-corrected chi connectivity index (χ0v) is 9.44. The molecule has 0 bridgehead atoms. The first-order chi connectivity index (χ1) is 6.85. The maximum atomic E-state index is 3.49. The Labute approximate surface area is 87.8 Å². The van der Waals surface area contributed by atoms with Crippen molar-refractivity contribution < 1.29 is 0 Å². The molecular weight excluding hydrogens is 172 g/mol. The lowest BCUT2D eigenvalue weighted by molar-refractivity contribution is 0.377. The highest BCUT2D eigenvalue weighted by Crippen LogP contribution is 2.40. The van der Waals surface area contributed by atoms with Crippen LogP contribution in [0.15, 0.2) is 0 Å². The van der Waals surface area contributed by atoms with E-state index in [2.05, 4.69) is 17.7 Å². The molecule has 14 heavy (non-hydrogen) atoms. The lowest BCUT2D eigenvalue weighted by atomic mass is 9.92. The molecule has 2 fully saturated rings. The van der Waals surface area contributed by atoms with Gasteiger partial charge in [-0.05, 0) is 71.0 Å². The van der Waals surface area contributed by atoms with Gasteiger partial charge in [0.25, 0.3) is 0 Å². The van der Waals surface area contributed by atoms with E-state index in [1.54, 1.807) is 0 Å². The van der Waals surface area contributed by atoms with Crippen molar-refractivity contribution in [2.24, 2.45) is 5.92 Å². The predicted octanol–water partition coefficient (Wildman–Crippen LogP) is 1.91. The molecule has 2 heteroatoms. The summed E-state index contributed by atoms with van der Waals surface area (Å²) in [5.74, 6) is 0.996. The minimum Gasteiger partial charge on any atom is -0.317 e. The molecule has 2 N–H and O–H groups in total. The summed E-state index contributed by atoms with van der Waals surface area (Å²) in [7, 11) is 2.13. The molecule has 0 spiro atoms. The van der Waals surface area contributed by atoms with Gasteiger partial charge in [-0.2, -0.15) is 0 Å². The van der Waals surface area contributed by atoms with Crippen molar-refractivity contribution in [3.05, 3.63) is 0 Å². The fraction of sp³-hybridized carbons (Fsp3) is 1.00. The number of hydrogen-bond donors (Lipinski definition) is 2. The van der Waals surface area contributed by atoms with Crippen LogP contribution in [0.1, 0.15) is 44.9 Å². The molecule has 1 aliphatic heterocycles. The number of nitrogens with one attached hydrogen (secondary N) is 2. The monoisotopic (exact) mass is 196 g/mol. The normalized spacial score (nSPS) is 31.1. The van der Waals surface area contributed by atoms with Crippen molar-refractivity contribution >= 4 is 0 Å². The van der Waals surface area contributed by atoms with Gasteiger partial charge in [-0.25, -0.2) is 0 Å². The van der Waals surface area contributed by atoms with Gasteiger partial charge in [0, 0.05) is 5.54 Å². The summed E-state index contributed by atoms with van der Waals surface area (Å²) < 4.78 is 0. The van der Waals surface area contributed by atoms with E-state index in [1.807, 2.05) is 0 Å². The Balaban J connectivity index is 1.68. The molecule has 1 aliphatic carbocycles. The smallest absolute Gasteiger partial charge is 0.0180 e. The summed E-state index contributed by atoms with van der Waals surface area (Å²) in [6, 6.07) is 0. The third kappa shape index (κ3) is 2.71. The second-order valence-electron chi connectivity index (χ2n) is 5.12. The third-order valence-electron chi connectivity index (χ3n) is 4.11. The van der Waals surface area contributed by atoms with Gasteiger partial charge in [0.1, 0.15) is 0 Å². The van der Waals surface area contributed by atoms with Crippen molar-refractivity contribution in [3.8, 4) is 0 Å². The summed E-state index contributed by atoms with van der Waals surface area (Å²) in [6.45, 7) is 2.49. The van der Waals surface area contributed by atoms with Crippen molar-refractivity contribution in [2.45, 2.75) is 50.5 Å². The zero-order valence-electron chi connectivity index (χ0n) is 9.44. The highest BCUT2D eigenvalue weighted by atomic mass is 15.0. The Hall–Kier alpha value is -0.0800. The highest BCUT2D eigenvalue weighted by Gasteiger charge is 2.40. The van der Waals surface area contributed by atoms with Gasteiger partial charge in [0.05, 0.1) is 0 Å². The molecule has 0 amide bonds. The molecule has 0 aromatic carbocycles. The van der Waals surface area contributed by atoms with Crippen molar-refractivity contribution in [2.75, 3.05) is 20.1 Å². The molecule has 82 valence electrons. The largest absolute Gasteiger partial charge is 0.317 e. The Morgan fingerprint density at radius 3 is 2.86 bits per heavy atom. The van der Waals surface area contributed by atoms with Crippen LogP contribution in [0.5, 0.6) is 0 Å². The van der Waals surface area contributed by atoms with Gasteiger partial charge in [0.15, 0.2) is 0 Å². The lowest BCUT2D eigenvalue weighted by Crippen LogP contribution is -2.27. The number of hydrogen-bond acceptors (Lipinski definition) is 2. The molecule has 1 saturated heterocycles. The topological polar surface area (TPSA) is 24.1 Å². The average Bonchev–Trinajstić information content (AvgIpc) is 3.01. The molecule has 1 unspecified atom stereocenters. The van der Waals surface area contributed by atoms with Gasteiger partial charge in [-0.3, -0.25) is 0 Å². The van der Waals surface area contributed by atoms with Crippen LogP contribution in [0.2, 0.25) is 0 Å². The van der Waals surface area contributed by atoms with E-state index in [1.165, 1.54) is 58.0 Å². The molecule has 1 saturated carbocycles. The Kier molecular flexibility index (Phi) is 3.45. The first-order valence-corrected chi connectivity index (χ1v) is 6.24. The molecule has 0 aromatic rings. The molecule has 2 aliphatic rings. The second-order valence-corrected chi connectivity index (χ2v) is 5.12. The van der Waals surface area contributed by atoms with E-state index in [4.69, 9.17) is 0 Å². The van der Waals surface area contributed by atoms with Crippen LogP contribution in [-0.2, 0) is 0 Å². The molecule has 0 aromatic heterocycles. The molecular formula is C12H24N2. The van der Waals surface area contributed by atoms with E-state index in [-0.39, 0.29) is 0 Å². The third-order valence-corrected chi connectivity index (χ3v) is 4.11. The fourth-order valence-electron chi connectivity index (χ4n) is 2.64. The van der Waals surface area contributed by atoms with Crippen LogP contribution in [0.4, 0.5) is 0 Å². The SMILES string of the molecule is CNC1(CCC2CCCNCC2)CC1. The van der Waals surface area contributed by atoms with Gasteiger partial charge in [0.2, 0.25) is 0 Å². The number of rotatable bonds is 4. The Morgan fingerprint density at radius 1 is 1.29 bits per heavy atom. The first kappa shape index (κ1) is 10.4. The van der Waals surface area contributed by atoms with Crippen LogP contribution < -0.4 is 10.6 Å². The van der Waals surface area contributed by atoms with Gasteiger partial charge < -0.3 is 10.6 Å². The molecule has 0 radical (unpaired) electrons. The lowest BCUT2D eigenvalue weighted by Gasteiger charge is -2.18. The van der Waals surface area contributed by atoms with Crippen LogP contribution in [0, 0.1) is 5.92 Å². The quantitative estimate of drug-likeness (QED) is 0.717. The minimum absolute atomic E-state index is 0.569. The van der Waals surface area contributed by atoms with E-state index in [0.29, 0.717) is 5.54 Å². The van der Waals surface area contributed by atoms with Crippen LogP contribution in [0.3, 0.4) is 0 Å². The average molecular weight is 196 g/mol. The molecule has 1 atom stereocenters. The summed E-state index contributed by atoms with van der Waals surface area (Å²) in [6.07, 6.45) is 9.92. The standard InChI is InChI=1S/C12H24N2/c1-13-12(7-8-12)6-4-11-3-2-9-14-10-5-11/h11,13-14H,2-10H2,1H3. The van der Waals surface area contributed by atoms with Crippen molar-refractivity contribution in [3.63, 3.8) is 0 Å². The van der Waals surface area contributed by atoms with Crippen molar-refractivity contribution in [1.29, 1.82) is 0 Å². The summed E-state index contributed by atoms with van der Waals surface area (Å²) in [5.41, 5.74) is 0.569. The maximum Gasteiger partial charge on any atom is 0.0180 e. The van der Waals surface area contributed by atoms with E-state index in [0.717, 1.165) is 5.92 Å². The van der Waals surface area contributed by atoms with E-state index >= 15 is 0 Å². The molecule has 2 nitrogen and oxygen atoms in total. The van der Waals surface area contributed by atoms with Crippen LogP contribution in [0.25, 0.3) is 0 Å². The summed E-state index contributed by atoms with van der Waals surface area (Å²) in [5, 5.41) is 6.98. The van der Waals surface area contributed by atoms with E-state index < -0.39 is 0 Å². The van der Waals surface area contributed by atoms with Crippen molar-refractivity contribution in [1.82, 2.24) is 10.6 Å². The predicted molar refractivity (Wildman–Crippen MR) is 60.5 cm³/mol. The highest BCUT2D eigenvalue weighted by molar-refractivity contribution is 5.00. The van der Waals surface area contributed by atoms with Gasteiger partial charge in [-0.15, -0.1) is 0 Å². The maximum absolute atomic E-state index is 3.49. The molecule has 1 heterocycles. The first-order valence-electron chi connectivity index (χ1n) is 6.24. The van der Waals surface area contributed by atoms with Gasteiger partial charge >= 0.3 is 0 Å². The summed E-state index contributed by atoms with van der Waals surface area (Å²) >= 11 is 0. The minimum atomic E-state index is 0.569. The second kappa shape index (κ2) is 4.63. The Bertz CT molecular complexity index is 167. The summed E-state index contributed by atoms with van der Waals surface area (Å²) in [4.78, 5) is 0.